The third-order valence-electron chi connectivity index (χ3n) is 7.66. The number of halogens is 2. The van der Waals surface area contributed by atoms with Crippen LogP contribution in [-0.4, -0.2) is 28.4 Å². The number of hydrogen-bond donors (Lipinski definition) is 1. The van der Waals surface area contributed by atoms with Crippen LogP contribution in [0.25, 0.3) is 0 Å². The molecule has 5 atom stereocenters. The third-order valence-corrected chi connectivity index (χ3v) is 8.47. The molecule has 4 unspecified atom stereocenters. The highest BCUT2D eigenvalue weighted by Crippen LogP contribution is 2.62. The van der Waals surface area contributed by atoms with Gasteiger partial charge in [0.25, 0.3) is 5.91 Å². The van der Waals surface area contributed by atoms with Crippen molar-refractivity contribution in [1.82, 2.24) is 5.01 Å². The maximum atomic E-state index is 13.2. The van der Waals surface area contributed by atoms with Crippen LogP contribution in [0.4, 0.5) is 5.69 Å². The number of amides is 2. The van der Waals surface area contributed by atoms with Gasteiger partial charge in [-0.25, -0.2) is 5.01 Å². The van der Waals surface area contributed by atoms with Crippen molar-refractivity contribution < 1.29 is 9.59 Å². The van der Waals surface area contributed by atoms with Gasteiger partial charge in [0.1, 0.15) is 5.54 Å². The molecular weight excluding hydrogens is 397 g/mol. The second-order valence-electron chi connectivity index (χ2n) is 9.70. The number of nitrogens with zero attached hydrogens (tertiary/aromatic N) is 2. The predicted octanol–water partition coefficient (Wildman–Crippen LogP) is 4.02. The minimum atomic E-state index is -0.676. The average molecular weight is 422 g/mol. The largest absolute Gasteiger partial charge is 0.369 e. The Morgan fingerprint density at radius 2 is 1.79 bits per heavy atom. The minimum Gasteiger partial charge on any atom is -0.369 e. The van der Waals surface area contributed by atoms with Gasteiger partial charge < -0.3 is 5.73 Å². The Bertz CT molecular complexity index is 870. The number of hydrazine groups is 1. The number of rotatable bonds is 3. The van der Waals surface area contributed by atoms with E-state index in [9.17, 15) is 9.59 Å². The van der Waals surface area contributed by atoms with Crippen LogP contribution < -0.4 is 10.7 Å². The predicted molar refractivity (Wildman–Crippen MR) is 109 cm³/mol. The number of hydrogen-bond acceptors (Lipinski definition) is 3. The zero-order valence-electron chi connectivity index (χ0n) is 16.1. The van der Waals surface area contributed by atoms with E-state index in [0.29, 0.717) is 27.8 Å². The smallest absolute Gasteiger partial charge is 0.268 e. The molecular formula is C21H25Cl2N3O2. The molecule has 150 valence electrons. The maximum absolute atomic E-state index is 13.2. The average Bonchev–Trinajstić information content (AvgIpc) is 2.62. The summed E-state index contributed by atoms with van der Waals surface area (Å²) in [5, 5.41) is 4.88. The Labute approximate surface area is 175 Å². The number of carbonyl (C=O) groups excluding carboxylic acids is 2. The van der Waals surface area contributed by atoms with E-state index < -0.39 is 5.54 Å². The molecule has 0 aromatic heterocycles. The van der Waals surface area contributed by atoms with Crippen LogP contribution in [0.2, 0.25) is 10.0 Å². The second kappa shape index (κ2) is 5.79. The summed E-state index contributed by atoms with van der Waals surface area (Å²) >= 11 is 12.8. The van der Waals surface area contributed by atoms with E-state index in [1.165, 1.54) is 0 Å². The number of carbonyl (C=O) groups is 2. The Hall–Kier alpha value is -1.46. The highest BCUT2D eigenvalue weighted by atomic mass is 35.5. The quantitative estimate of drug-likeness (QED) is 0.801. The van der Waals surface area contributed by atoms with Gasteiger partial charge in [0, 0.05) is 5.41 Å². The molecule has 7 heteroatoms. The Morgan fingerprint density at radius 3 is 2.39 bits per heavy atom. The molecule has 5 nitrogen and oxygen atoms in total. The summed E-state index contributed by atoms with van der Waals surface area (Å²) < 4.78 is 0. The van der Waals surface area contributed by atoms with Gasteiger partial charge in [-0.05, 0) is 75.8 Å². The van der Waals surface area contributed by atoms with E-state index in [0.717, 1.165) is 37.8 Å². The first-order chi connectivity index (χ1) is 13.2. The van der Waals surface area contributed by atoms with Gasteiger partial charge >= 0.3 is 0 Å². The van der Waals surface area contributed by atoms with Crippen LogP contribution in [0.3, 0.4) is 0 Å². The molecule has 4 saturated carbocycles. The molecule has 2 N–H and O–H groups in total. The standard InChI is InChI=1S/C21H25Cl2N3O2/c1-20(2)19(28)25(26(20)15-5-3-4-14(22)16(15)23)17-12-6-11-7-13(17)10-21(8-11,9-12)18(24)27/h3-5,11-13,17H,6-10H2,1-2H3,(H2,24,27)/t11?,12-,13?,17?,21?/m0/s1. The minimum absolute atomic E-state index is 0.0969. The highest BCUT2D eigenvalue weighted by Gasteiger charge is 2.65. The molecule has 2 amide bonds. The summed E-state index contributed by atoms with van der Waals surface area (Å²) in [6, 6.07) is 5.63. The molecule has 1 aromatic carbocycles. The van der Waals surface area contributed by atoms with E-state index in [1.807, 2.05) is 36.0 Å². The number of benzene rings is 1. The molecule has 1 aromatic rings. The van der Waals surface area contributed by atoms with Crippen LogP contribution in [0.1, 0.15) is 46.0 Å². The van der Waals surface area contributed by atoms with Gasteiger partial charge in [-0.15, -0.1) is 0 Å². The number of anilines is 1. The molecule has 28 heavy (non-hydrogen) atoms. The van der Waals surface area contributed by atoms with Crippen LogP contribution in [0.15, 0.2) is 18.2 Å². The SMILES string of the molecule is CC1(C)C(=O)N(C2C3CC4C[C@H]2CC(C(N)=O)(C4)C3)N1c1cccc(Cl)c1Cl. The molecule has 5 aliphatic rings. The van der Waals surface area contributed by atoms with Gasteiger partial charge in [0.05, 0.1) is 21.8 Å². The third kappa shape index (κ3) is 2.26. The van der Waals surface area contributed by atoms with Gasteiger partial charge in [0.2, 0.25) is 5.91 Å². The summed E-state index contributed by atoms with van der Waals surface area (Å²) in [6.07, 6.45) is 4.64. The van der Waals surface area contributed by atoms with Crippen LogP contribution in [-0.2, 0) is 9.59 Å². The van der Waals surface area contributed by atoms with Crippen LogP contribution in [0.5, 0.6) is 0 Å². The first-order valence-corrected chi connectivity index (χ1v) is 10.8. The molecule has 1 saturated heterocycles. The molecule has 4 aliphatic carbocycles. The molecule has 1 aliphatic heterocycles. The van der Waals surface area contributed by atoms with Crippen molar-refractivity contribution in [3.63, 3.8) is 0 Å². The van der Waals surface area contributed by atoms with Crippen molar-refractivity contribution in [2.24, 2.45) is 28.9 Å². The van der Waals surface area contributed by atoms with Crippen LogP contribution >= 0.6 is 23.2 Å². The molecule has 6 rings (SSSR count). The zero-order valence-corrected chi connectivity index (χ0v) is 17.6. The van der Waals surface area contributed by atoms with Crippen molar-refractivity contribution in [3.8, 4) is 0 Å². The summed E-state index contributed by atoms with van der Waals surface area (Å²) in [7, 11) is 0. The fourth-order valence-corrected chi connectivity index (χ4v) is 7.10. The summed E-state index contributed by atoms with van der Waals surface area (Å²) in [6.45, 7) is 3.84. The lowest BCUT2D eigenvalue weighted by Crippen LogP contribution is -2.80. The van der Waals surface area contributed by atoms with E-state index >= 15 is 0 Å². The van der Waals surface area contributed by atoms with Gasteiger partial charge in [-0.3, -0.25) is 14.6 Å². The monoisotopic (exact) mass is 421 g/mol. The van der Waals surface area contributed by atoms with E-state index in [2.05, 4.69) is 0 Å². The van der Waals surface area contributed by atoms with E-state index in [1.54, 1.807) is 6.07 Å². The van der Waals surface area contributed by atoms with Crippen molar-refractivity contribution in [3.05, 3.63) is 28.2 Å². The lowest BCUT2D eigenvalue weighted by atomic mass is 9.47. The number of primary amides is 1. The topological polar surface area (TPSA) is 66.6 Å². The van der Waals surface area contributed by atoms with Crippen molar-refractivity contribution >= 4 is 40.7 Å². The van der Waals surface area contributed by atoms with Crippen molar-refractivity contribution in [1.29, 1.82) is 0 Å². The Kier molecular flexibility index (Phi) is 3.84. The first-order valence-electron chi connectivity index (χ1n) is 10.0. The molecule has 4 bridgehead atoms. The van der Waals surface area contributed by atoms with E-state index in [4.69, 9.17) is 28.9 Å². The van der Waals surface area contributed by atoms with Crippen molar-refractivity contribution in [2.75, 3.05) is 5.01 Å². The van der Waals surface area contributed by atoms with Crippen molar-refractivity contribution in [2.45, 2.75) is 57.5 Å². The fraction of sp³-hybridized carbons (Fsp3) is 0.619. The number of nitrogens with two attached hydrogens (primary N) is 1. The highest BCUT2D eigenvalue weighted by molar-refractivity contribution is 6.43. The lowest BCUT2D eigenvalue weighted by Gasteiger charge is -2.67. The first kappa shape index (κ1) is 18.6. The Morgan fingerprint density at radius 1 is 1.14 bits per heavy atom. The van der Waals surface area contributed by atoms with Gasteiger partial charge in [-0.1, -0.05) is 29.3 Å². The van der Waals surface area contributed by atoms with Gasteiger partial charge in [0.15, 0.2) is 0 Å². The lowest BCUT2D eigenvalue weighted by molar-refractivity contribution is -0.179. The summed E-state index contributed by atoms with van der Waals surface area (Å²) in [5.41, 5.74) is 5.54. The molecule has 0 radical (unpaired) electrons. The summed E-state index contributed by atoms with van der Waals surface area (Å²) in [5.74, 6) is 1.11. The maximum Gasteiger partial charge on any atom is 0.268 e. The normalized spacial score (nSPS) is 37.9. The molecule has 5 fully saturated rings. The second-order valence-corrected chi connectivity index (χ2v) is 10.5. The molecule has 1 heterocycles. The van der Waals surface area contributed by atoms with Crippen LogP contribution in [0, 0.1) is 23.2 Å². The van der Waals surface area contributed by atoms with E-state index in [-0.39, 0.29) is 23.3 Å². The zero-order chi connectivity index (χ0) is 20.0. The fourth-order valence-electron chi connectivity index (χ4n) is 6.73. The molecule has 0 spiro atoms. The van der Waals surface area contributed by atoms with Gasteiger partial charge in [-0.2, -0.15) is 0 Å². The Balaban J connectivity index is 1.53. The summed E-state index contributed by atoms with van der Waals surface area (Å²) in [4.78, 5) is 25.5.